The Labute approximate surface area is 96.2 Å². The fraction of sp³-hybridized carbons (Fsp3) is 0.727. The first kappa shape index (κ1) is 11.4. The molecule has 1 fully saturated rings. The first-order valence-corrected chi connectivity index (χ1v) is 5.81. The van der Waals surface area contributed by atoms with Crippen LogP contribution >= 0.6 is 0 Å². The molecule has 1 aromatic rings. The molecule has 0 aliphatic heterocycles. The first-order valence-electron chi connectivity index (χ1n) is 5.81. The van der Waals surface area contributed by atoms with Gasteiger partial charge in [0.15, 0.2) is 0 Å². The SMILES string of the molecule is COCCN(CCn1ccc(N)n1)C1CC1. The van der Waals surface area contributed by atoms with Crippen LogP contribution in [0.15, 0.2) is 12.3 Å². The number of anilines is 1. The van der Waals surface area contributed by atoms with E-state index in [1.54, 1.807) is 7.11 Å². The summed E-state index contributed by atoms with van der Waals surface area (Å²) in [6, 6.07) is 2.60. The molecule has 16 heavy (non-hydrogen) atoms. The van der Waals surface area contributed by atoms with Crippen LogP contribution < -0.4 is 5.73 Å². The fourth-order valence-electron chi connectivity index (χ4n) is 1.86. The van der Waals surface area contributed by atoms with Gasteiger partial charge in [-0.2, -0.15) is 5.10 Å². The number of nitrogen functional groups attached to an aromatic ring is 1. The molecular weight excluding hydrogens is 204 g/mol. The molecule has 0 unspecified atom stereocenters. The third-order valence-electron chi connectivity index (χ3n) is 2.92. The number of methoxy groups -OCH3 is 1. The molecule has 0 atom stereocenters. The van der Waals surface area contributed by atoms with Gasteiger partial charge in [0.1, 0.15) is 5.82 Å². The molecule has 0 aromatic carbocycles. The lowest BCUT2D eigenvalue weighted by Gasteiger charge is -2.21. The largest absolute Gasteiger partial charge is 0.383 e. The van der Waals surface area contributed by atoms with Gasteiger partial charge in [-0.15, -0.1) is 0 Å². The van der Waals surface area contributed by atoms with Crippen molar-refractivity contribution < 1.29 is 4.74 Å². The van der Waals surface area contributed by atoms with E-state index in [0.29, 0.717) is 5.82 Å². The Balaban J connectivity index is 1.77. The van der Waals surface area contributed by atoms with Gasteiger partial charge in [0.05, 0.1) is 13.2 Å². The summed E-state index contributed by atoms with van der Waals surface area (Å²) in [6.45, 7) is 3.74. The average Bonchev–Trinajstić information content (AvgIpc) is 3.03. The van der Waals surface area contributed by atoms with E-state index in [4.69, 9.17) is 10.5 Å². The number of hydrogen-bond donors (Lipinski definition) is 1. The number of aromatic nitrogens is 2. The molecule has 1 heterocycles. The molecular formula is C11H20N4O. The van der Waals surface area contributed by atoms with Crippen molar-refractivity contribution in [2.75, 3.05) is 32.5 Å². The van der Waals surface area contributed by atoms with E-state index < -0.39 is 0 Å². The third kappa shape index (κ3) is 3.21. The smallest absolute Gasteiger partial charge is 0.145 e. The minimum atomic E-state index is 0.592. The predicted molar refractivity (Wildman–Crippen MR) is 63.1 cm³/mol. The van der Waals surface area contributed by atoms with Crippen molar-refractivity contribution in [3.05, 3.63) is 12.3 Å². The highest BCUT2D eigenvalue weighted by Gasteiger charge is 2.28. The number of hydrogen-bond acceptors (Lipinski definition) is 4. The van der Waals surface area contributed by atoms with Crippen molar-refractivity contribution in [2.24, 2.45) is 0 Å². The van der Waals surface area contributed by atoms with Crippen LogP contribution in [0.5, 0.6) is 0 Å². The number of rotatable bonds is 7. The summed E-state index contributed by atoms with van der Waals surface area (Å²) in [7, 11) is 1.75. The Hall–Kier alpha value is -1.07. The predicted octanol–water partition coefficient (Wildman–Crippen LogP) is 0.576. The first-order chi connectivity index (χ1) is 7.79. The van der Waals surface area contributed by atoms with Crippen LogP contribution in [-0.4, -0.2) is 47.5 Å². The van der Waals surface area contributed by atoms with Gasteiger partial charge in [0.2, 0.25) is 0 Å². The molecule has 0 saturated heterocycles. The van der Waals surface area contributed by atoms with Gasteiger partial charge in [0.25, 0.3) is 0 Å². The van der Waals surface area contributed by atoms with Gasteiger partial charge in [-0.3, -0.25) is 9.58 Å². The molecule has 5 nitrogen and oxygen atoms in total. The van der Waals surface area contributed by atoms with Crippen LogP contribution in [0.25, 0.3) is 0 Å². The summed E-state index contributed by atoms with van der Waals surface area (Å²) >= 11 is 0. The average molecular weight is 224 g/mol. The highest BCUT2D eigenvalue weighted by atomic mass is 16.5. The van der Waals surface area contributed by atoms with E-state index in [1.807, 2.05) is 16.9 Å². The number of ether oxygens (including phenoxy) is 1. The molecule has 2 rings (SSSR count). The molecule has 1 aliphatic carbocycles. The minimum absolute atomic E-state index is 0.592. The molecule has 1 aliphatic rings. The molecule has 0 spiro atoms. The highest BCUT2D eigenvalue weighted by Crippen LogP contribution is 2.26. The standard InChI is InChI=1S/C11H20N4O/c1-16-9-8-14(10-2-3-10)6-7-15-5-4-11(12)13-15/h4-5,10H,2-3,6-9H2,1H3,(H2,12,13). The lowest BCUT2D eigenvalue weighted by atomic mass is 10.4. The quantitative estimate of drug-likeness (QED) is 0.736. The Morgan fingerprint density at radius 1 is 1.56 bits per heavy atom. The minimum Gasteiger partial charge on any atom is -0.383 e. The Morgan fingerprint density at radius 3 is 2.94 bits per heavy atom. The van der Waals surface area contributed by atoms with Gasteiger partial charge in [-0.25, -0.2) is 0 Å². The maximum absolute atomic E-state index is 5.57. The molecule has 0 radical (unpaired) electrons. The fourth-order valence-corrected chi connectivity index (χ4v) is 1.86. The van der Waals surface area contributed by atoms with Crippen molar-refractivity contribution in [3.63, 3.8) is 0 Å². The monoisotopic (exact) mass is 224 g/mol. The van der Waals surface area contributed by atoms with Gasteiger partial charge >= 0.3 is 0 Å². The molecule has 0 bridgehead atoms. The number of nitrogens with two attached hydrogens (primary N) is 1. The van der Waals surface area contributed by atoms with Crippen molar-refractivity contribution in [3.8, 4) is 0 Å². The van der Waals surface area contributed by atoms with E-state index in [0.717, 1.165) is 32.3 Å². The molecule has 5 heteroatoms. The summed E-state index contributed by atoms with van der Waals surface area (Å²) in [5.41, 5.74) is 5.57. The lowest BCUT2D eigenvalue weighted by molar-refractivity contribution is 0.140. The van der Waals surface area contributed by atoms with Crippen molar-refractivity contribution in [2.45, 2.75) is 25.4 Å². The Kier molecular flexibility index (Phi) is 3.79. The zero-order valence-corrected chi connectivity index (χ0v) is 9.80. The van der Waals surface area contributed by atoms with Gasteiger partial charge < -0.3 is 10.5 Å². The number of nitrogens with zero attached hydrogens (tertiary/aromatic N) is 3. The summed E-state index contributed by atoms with van der Waals surface area (Å²) in [4.78, 5) is 2.47. The summed E-state index contributed by atoms with van der Waals surface area (Å²) in [6.07, 6.45) is 4.58. The Morgan fingerprint density at radius 2 is 2.38 bits per heavy atom. The van der Waals surface area contributed by atoms with E-state index in [-0.39, 0.29) is 0 Å². The lowest BCUT2D eigenvalue weighted by Crippen LogP contribution is -2.32. The highest BCUT2D eigenvalue weighted by molar-refractivity contribution is 5.23. The Bertz CT molecular complexity index is 322. The van der Waals surface area contributed by atoms with Gasteiger partial charge in [-0.1, -0.05) is 0 Å². The second-order valence-corrected chi connectivity index (χ2v) is 4.26. The molecule has 1 aromatic heterocycles. The van der Waals surface area contributed by atoms with Gasteiger partial charge in [0, 0.05) is 32.4 Å². The third-order valence-corrected chi connectivity index (χ3v) is 2.92. The van der Waals surface area contributed by atoms with Crippen LogP contribution in [0.1, 0.15) is 12.8 Å². The topological polar surface area (TPSA) is 56.3 Å². The normalized spacial score (nSPS) is 15.9. The summed E-state index contributed by atoms with van der Waals surface area (Å²) < 4.78 is 7.02. The van der Waals surface area contributed by atoms with Crippen LogP contribution in [0, 0.1) is 0 Å². The molecule has 2 N–H and O–H groups in total. The zero-order valence-electron chi connectivity index (χ0n) is 9.80. The maximum atomic E-state index is 5.57. The van der Waals surface area contributed by atoms with Crippen LogP contribution in [-0.2, 0) is 11.3 Å². The molecule has 0 amide bonds. The maximum Gasteiger partial charge on any atom is 0.145 e. The van der Waals surface area contributed by atoms with Crippen molar-refractivity contribution >= 4 is 5.82 Å². The second-order valence-electron chi connectivity index (χ2n) is 4.26. The second kappa shape index (κ2) is 5.32. The van der Waals surface area contributed by atoms with Crippen molar-refractivity contribution in [1.29, 1.82) is 0 Å². The molecule has 90 valence electrons. The van der Waals surface area contributed by atoms with Gasteiger partial charge in [-0.05, 0) is 18.9 Å². The van der Waals surface area contributed by atoms with E-state index in [2.05, 4.69) is 10.00 Å². The molecule has 1 saturated carbocycles. The van der Waals surface area contributed by atoms with E-state index in [1.165, 1.54) is 12.8 Å². The zero-order chi connectivity index (χ0) is 11.4. The van der Waals surface area contributed by atoms with Crippen molar-refractivity contribution in [1.82, 2.24) is 14.7 Å². The van der Waals surface area contributed by atoms with Crippen LogP contribution in [0.2, 0.25) is 0 Å². The van der Waals surface area contributed by atoms with E-state index in [9.17, 15) is 0 Å². The summed E-state index contributed by atoms with van der Waals surface area (Å²) in [5.74, 6) is 0.592. The van der Waals surface area contributed by atoms with E-state index >= 15 is 0 Å². The van der Waals surface area contributed by atoms with Crippen LogP contribution in [0.4, 0.5) is 5.82 Å². The van der Waals surface area contributed by atoms with Crippen LogP contribution in [0.3, 0.4) is 0 Å². The summed E-state index contributed by atoms with van der Waals surface area (Å²) in [5, 5.41) is 4.18.